The molecule has 3 rings (SSSR count). The van der Waals surface area contributed by atoms with E-state index in [-0.39, 0.29) is 24.3 Å². The van der Waals surface area contributed by atoms with Crippen LogP contribution in [0.3, 0.4) is 0 Å². The highest BCUT2D eigenvalue weighted by Gasteiger charge is 2.43. The molecule has 3 heterocycles. The number of rotatable bonds is 3. The van der Waals surface area contributed by atoms with Crippen molar-refractivity contribution < 1.29 is 9.59 Å². The van der Waals surface area contributed by atoms with Crippen molar-refractivity contribution in [2.24, 2.45) is 11.8 Å². The summed E-state index contributed by atoms with van der Waals surface area (Å²) in [6.45, 7) is 2.51. The molecule has 0 aromatic carbocycles. The Balaban J connectivity index is 1.66. The molecule has 0 spiro atoms. The standard InChI is InChI=1S/C14H20N4O2S/c1-16(2)12(19)9-17-5-3-10-7-18(8-11(10)13(17)20)14-15-4-6-21-14/h4,6,10-11H,3,5,7-9H2,1-2H3/t10-,11+/m0/s1. The molecule has 1 aromatic heterocycles. The Kier molecular flexibility index (Phi) is 3.84. The molecule has 1 aromatic rings. The van der Waals surface area contributed by atoms with Crippen molar-refractivity contribution in [3.8, 4) is 0 Å². The number of likely N-dealkylation sites (N-methyl/N-ethyl adjacent to an activating group) is 1. The number of anilines is 1. The third-order valence-electron chi connectivity index (χ3n) is 4.35. The lowest BCUT2D eigenvalue weighted by atomic mass is 9.88. The molecule has 0 bridgehead atoms. The van der Waals surface area contributed by atoms with Gasteiger partial charge in [-0.1, -0.05) is 0 Å². The number of hydrogen-bond donors (Lipinski definition) is 0. The molecule has 2 amide bonds. The van der Waals surface area contributed by atoms with Gasteiger partial charge in [0.2, 0.25) is 11.8 Å². The summed E-state index contributed by atoms with van der Waals surface area (Å²) < 4.78 is 0. The number of hydrogen-bond acceptors (Lipinski definition) is 5. The van der Waals surface area contributed by atoms with E-state index in [9.17, 15) is 9.59 Å². The van der Waals surface area contributed by atoms with E-state index in [0.29, 0.717) is 12.5 Å². The Labute approximate surface area is 128 Å². The van der Waals surface area contributed by atoms with E-state index in [0.717, 1.165) is 24.6 Å². The van der Waals surface area contributed by atoms with Crippen LogP contribution in [0, 0.1) is 11.8 Å². The SMILES string of the molecule is CN(C)C(=O)CN1CC[C@H]2CN(c3nccs3)C[C@H]2C1=O. The molecule has 0 aliphatic carbocycles. The Hall–Kier alpha value is -1.63. The molecular weight excluding hydrogens is 288 g/mol. The lowest BCUT2D eigenvalue weighted by Crippen LogP contribution is -2.49. The molecule has 2 fully saturated rings. The summed E-state index contributed by atoms with van der Waals surface area (Å²) in [5.41, 5.74) is 0. The molecule has 2 atom stereocenters. The first-order valence-corrected chi connectivity index (χ1v) is 8.07. The van der Waals surface area contributed by atoms with E-state index in [4.69, 9.17) is 0 Å². The summed E-state index contributed by atoms with van der Waals surface area (Å²) >= 11 is 1.61. The van der Waals surface area contributed by atoms with Crippen LogP contribution in [0.15, 0.2) is 11.6 Å². The van der Waals surface area contributed by atoms with E-state index >= 15 is 0 Å². The van der Waals surface area contributed by atoms with Crippen molar-refractivity contribution in [2.75, 3.05) is 45.2 Å². The van der Waals surface area contributed by atoms with Crippen molar-refractivity contribution in [3.05, 3.63) is 11.6 Å². The van der Waals surface area contributed by atoms with Gasteiger partial charge in [0.1, 0.15) is 0 Å². The highest BCUT2D eigenvalue weighted by Crippen LogP contribution is 2.35. The molecule has 21 heavy (non-hydrogen) atoms. The second kappa shape index (κ2) is 5.63. The van der Waals surface area contributed by atoms with Gasteiger partial charge in [-0.2, -0.15) is 0 Å². The van der Waals surface area contributed by atoms with Crippen LogP contribution in [0.5, 0.6) is 0 Å². The number of carbonyl (C=O) groups is 2. The predicted octanol–water partition coefficient (Wildman–Crippen LogP) is 0.516. The molecule has 7 heteroatoms. The lowest BCUT2D eigenvalue weighted by molar-refractivity contribution is -0.145. The van der Waals surface area contributed by atoms with Crippen molar-refractivity contribution in [2.45, 2.75) is 6.42 Å². The normalized spacial score (nSPS) is 25.1. The lowest BCUT2D eigenvalue weighted by Gasteiger charge is -2.33. The van der Waals surface area contributed by atoms with Crippen LogP contribution in [-0.4, -0.2) is 66.9 Å². The summed E-state index contributed by atoms with van der Waals surface area (Å²) in [6.07, 6.45) is 2.77. The number of carbonyl (C=O) groups excluding carboxylic acids is 2. The molecule has 2 saturated heterocycles. The van der Waals surface area contributed by atoms with Crippen molar-refractivity contribution in [3.63, 3.8) is 0 Å². The van der Waals surface area contributed by atoms with Gasteiger partial charge < -0.3 is 14.7 Å². The average molecular weight is 308 g/mol. The van der Waals surface area contributed by atoms with Crippen molar-refractivity contribution in [1.82, 2.24) is 14.8 Å². The first kappa shape index (κ1) is 14.3. The van der Waals surface area contributed by atoms with E-state index in [1.807, 2.05) is 5.38 Å². The van der Waals surface area contributed by atoms with Gasteiger partial charge in [-0.3, -0.25) is 9.59 Å². The van der Waals surface area contributed by atoms with Crippen LogP contribution in [0.25, 0.3) is 0 Å². The maximum Gasteiger partial charge on any atom is 0.241 e. The zero-order valence-electron chi connectivity index (χ0n) is 12.4. The quantitative estimate of drug-likeness (QED) is 0.817. The maximum absolute atomic E-state index is 12.6. The fourth-order valence-corrected chi connectivity index (χ4v) is 3.76. The van der Waals surface area contributed by atoms with Crippen molar-refractivity contribution >= 4 is 28.3 Å². The van der Waals surface area contributed by atoms with Gasteiger partial charge in [-0.05, 0) is 12.3 Å². The Morgan fingerprint density at radius 1 is 1.48 bits per heavy atom. The number of aromatic nitrogens is 1. The fraction of sp³-hybridized carbons (Fsp3) is 0.643. The van der Waals surface area contributed by atoms with E-state index in [1.165, 1.54) is 4.90 Å². The van der Waals surface area contributed by atoms with Crippen LogP contribution in [0.1, 0.15) is 6.42 Å². The van der Waals surface area contributed by atoms with E-state index < -0.39 is 0 Å². The first-order valence-electron chi connectivity index (χ1n) is 7.19. The number of nitrogens with zero attached hydrogens (tertiary/aromatic N) is 4. The second-order valence-electron chi connectivity index (χ2n) is 5.92. The molecule has 6 nitrogen and oxygen atoms in total. The van der Waals surface area contributed by atoms with Crippen LogP contribution < -0.4 is 4.90 Å². The summed E-state index contributed by atoms with van der Waals surface area (Å²) in [6, 6.07) is 0. The largest absolute Gasteiger partial charge is 0.347 e. The van der Waals surface area contributed by atoms with E-state index in [2.05, 4.69) is 9.88 Å². The van der Waals surface area contributed by atoms with Crippen LogP contribution in [-0.2, 0) is 9.59 Å². The van der Waals surface area contributed by atoms with Gasteiger partial charge in [0.25, 0.3) is 0 Å². The first-order chi connectivity index (χ1) is 10.1. The van der Waals surface area contributed by atoms with Gasteiger partial charge in [0, 0.05) is 45.3 Å². The van der Waals surface area contributed by atoms with Crippen LogP contribution >= 0.6 is 11.3 Å². The third-order valence-corrected chi connectivity index (χ3v) is 5.19. The fourth-order valence-electron chi connectivity index (χ4n) is 3.10. The second-order valence-corrected chi connectivity index (χ2v) is 6.80. The molecule has 2 aliphatic rings. The monoisotopic (exact) mass is 308 g/mol. The molecule has 114 valence electrons. The maximum atomic E-state index is 12.6. The zero-order chi connectivity index (χ0) is 15.0. The zero-order valence-corrected chi connectivity index (χ0v) is 13.2. The van der Waals surface area contributed by atoms with Gasteiger partial charge in [0.05, 0.1) is 12.5 Å². The molecular formula is C14H20N4O2S. The number of likely N-dealkylation sites (tertiary alicyclic amines) is 1. The summed E-state index contributed by atoms with van der Waals surface area (Å²) in [5, 5.41) is 2.95. The summed E-state index contributed by atoms with van der Waals surface area (Å²) in [5.74, 6) is 0.516. The molecule has 2 aliphatic heterocycles. The van der Waals surface area contributed by atoms with Gasteiger partial charge in [0.15, 0.2) is 5.13 Å². The number of piperidine rings is 1. The number of amides is 2. The minimum Gasteiger partial charge on any atom is -0.347 e. The molecule has 0 unspecified atom stereocenters. The predicted molar refractivity (Wildman–Crippen MR) is 81.2 cm³/mol. The molecule has 0 saturated carbocycles. The van der Waals surface area contributed by atoms with E-state index in [1.54, 1.807) is 36.5 Å². The Morgan fingerprint density at radius 3 is 2.95 bits per heavy atom. The topological polar surface area (TPSA) is 56.8 Å². The van der Waals surface area contributed by atoms with Crippen molar-refractivity contribution in [1.29, 1.82) is 0 Å². The van der Waals surface area contributed by atoms with Gasteiger partial charge in [-0.25, -0.2) is 4.98 Å². The number of fused-ring (bicyclic) bond motifs is 1. The highest BCUT2D eigenvalue weighted by molar-refractivity contribution is 7.13. The average Bonchev–Trinajstić information content (AvgIpc) is 3.09. The summed E-state index contributed by atoms with van der Waals surface area (Å²) in [4.78, 5) is 34.2. The number of thiazole rings is 1. The van der Waals surface area contributed by atoms with Gasteiger partial charge >= 0.3 is 0 Å². The third kappa shape index (κ3) is 2.74. The highest BCUT2D eigenvalue weighted by atomic mass is 32.1. The van der Waals surface area contributed by atoms with Crippen LogP contribution in [0.2, 0.25) is 0 Å². The Bertz CT molecular complexity index is 531. The van der Waals surface area contributed by atoms with Crippen LogP contribution in [0.4, 0.5) is 5.13 Å². The summed E-state index contributed by atoms with van der Waals surface area (Å²) in [7, 11) is 3.44. The Morgan fingerprint density at radius 2 is 2.29 bits per heavy atom. The molecule has 0 radical (unpaired) electrons. The minimum atomic E-state index is -0.0171. The molecule has 0 N–H and O–H groups in total. The smallest absolute Gasteiger partial charge is 0.241 e. The van der Waals surface area contributed by atoms with Gasteiger partial charge in [-0.15, -0.1) is 11.3 Å². The minimum absolute atomic E-state index is 0.0117.